The zero-order valence-corrected chi connectivity index (χ0v) is 11.2. The predicted octanol–water partition coefficient (Wildman–Crippen LogP) is 0.122. The standard InChI is InChI=1S/C14H21NO.ClH/c1-2-16-14-10-6-3-7-12(14)11-15-13-8-4-5-9-13;/h3,6-7,10,13,15H,2,4-5,8-9,11H2,1H3;1H/p-1. The molecule has 3 heteroatoms. The average Bonchev–Trinajstić information content (AvgIpc) is 2.81. The van der Waals surface area contributed by atoms with Crippen LogP contribution in [0.4, 0.5) is 0 Å². The molecule has 0 spiro atoms. The Morgan fingerprint density at radius 1 is 1.24 bits per heavy atom. The Labute approximate surface area is 110 Å². The molecule has 17 heavy (non-hydrogen) atoms. The zero-order chi connectivity index (χ0) is 11.2. The van der Waals surface area contributed by atoms with Gasteiger partial charge in [-0.2, -0.15) is 0 Å². The fourth-order valence-electron chi connectivity index (χ4n) is 2.33. The number of rotatable bonds is 5. The van der Waals surface area contributed by atoms with E-state index >= 15 is 0 Å². The molecule has 1 aromatic rings. The van der Waals surface area contributed by atoms with Crippen LogP contribution in [0.2, 0.25) is 0 Å². The maximum atomic E-state index is 5.61. The molecule has 0 amide bonds. The zero-order valence-electron chi connectivity index (χ0n) is 10.4. The van der Waals surface area contributed by atoms with Gasteiger partial charge in [-0.15, -0.1) is 0 Å². The van der Waals surface area contributed by atoms with Crippen molar-refractivity contribution in [3.63, 3.8) is 0 Å². The summed E-state index contributed by atoms with van der Waals surface area (Å²) in [7, 11) is 0. The van der Waals surface area contributed by atoms with Crippen molar-refractivity contribution in [2.45, 2.75) is 45.2 Å². The summed E-state index contributed by atoms with van der Waals surface area (Å²) in [5, 5.41) is 3.62. The Bertz CT molecular complexity index is 324. The highest BCUT2D eigenvalue weighted by Crippen LogP contribution is 2.21. The molecule has 0 atom stereocenters. The van der Waals surface area contributed by atoms with Gasteiger partial charge in [0.25, 0.3) is 0 Å². The molecule has 2 rings (SSSR count). The van der Waals surface area contributed by atoms with Gasteiger partial charge < -0.3 is 22.5 Å². The third-order valence-corrected chi connectivity index (χ3v) is 3.21. The van der Waals surface area contributed by atoms with Gasteiger partial charge in [0.1, 0.15) is 5.75 Å². The minimum absolute atomic E-state index is 0. The molecule has 0 bridgehead atoms. The summed E-state index contributed by atoms with van der Waals surface area (Å²) in [6.07, 6.45) is 5.42. The van der Waals surface area contributed by atoms with Gasteiger partial charge in [0.05, 0.1) is 6.61 Å². The smallest absolute Gasteiger partial charge is 0.123 e. The SMILES string of the molecule is CCOc1ccccc1CNC1CCCC1.[Cl-]. The predicted molar refractivity (Wildman–Crippen MR) is 66.7 cm³/mol. The normalized spacial score (nSPS) is 15.6. The van der Waals surface area contributed by atoms with E-state index in [4.69, 9.17) is 4.74 Å². The van der Waals surface area contributed by atoms with Gasteiger partial charge in [-0.25, -0.2) is 0 Å². The summed E-state index contributed by atoms with van der Waals surface area (Å²) >= 11 is 0. The molecular weight excluding hydrogens is 234 g/mol. The van der Waals surface area contributed by atoms with Crippen molar-refractivity contribution in [1.29, 1.82) is 0 Å². The van der Waals surface area contributed by atoms with Crippen LogP contribution in [0.3, 0.4) is 0 Å². The highest BCUT2D eigenvalue weighted by Gasteiger charge is 2.14. The topological polar surface area (TPSA) is 21.3 Å². The molecule has 1 fully saturated rings. The Kier molecular flexibility index (Phi) is 6.38. The number of ether oxygens (including phenoxy) is 1. The Morgan fingerprint density at radius 3 is 2.65 bits per heavy atom. The molecule has 0 unspecified atom stereocenters. The molecule has 0 saturated heterocycles. The summed E-state index contributed by atoms with van der Waals surface area (Å²) in [4.78, 5) is 0. The maximum absolute atomic E-state index is 5.61. The molecule has 1 N–H and O–H groups in total. The van der Waals surface area contributed by atoms with Crippen LogP contribution >= 0.6 is 0 Å². The van der Waals surface area contributed by atoms with E-state index in [2.05, 4.69) is 23.5 Å². The van der Waals surface area contributed by atoms with Crippen LogP contribution in [0.15, 0.2) is 24.3 Å². The lowest BCUT2D eigenvalue weighted by Crippen LogP contribution is -3.00. The minimum atomic E-state index is 0. The number of hydrogen-bond acceptors (Lipinski definition) is 2. The first kappa shape index (κ1) is 14.3. The number of hydrogen-bond donors (Lipinski definition) is 1. The van der Waals surface area contributed by atoms with Crippen molar-refractivity contribution in [3.8, 4) is 5.75 Å². The van der Waals surface area contributed by atoms with Gasteiger partial charge in [-0.1, -0.05) is 31.0 Å². The summed E-state index contributed by atoms with van der Waals surface area (Å²) in [5.41, 5.74) is 1.27. The highest BCUT2D eigenvalue weighted by atomic mass is 35.5. The van der Waals surface area contributed by atoms with Crippen LogP contribution in [0.25, 0.3) is 0 Å². The first-order valence-electron chi connectivity index (χ1n) is 6.34. The molecule has 0 radical (unpaired) electrons. The van der Waals surface area contributed by atoms with Gasteiger partial charge in [0.15, 0.2) is 0 Å². The number of halogens is 1. The molecule has 0 aliphatic heterocycles. The lowest BCUT2D eigenvalue weighted by molar-refractivity contribution is -0.00000395. The first-order valence-corrected chi connectivity index (χ1v) is 6.34. The molecular formula is C14H21ClNO-. The van der Waals surface area contributed by atoms with Crippen molar-refractivity contribution in [3.05, 3.63) is 29.8 Å². The van der Waals surface area contributed by atoms with Crippen LogP contribution in [-0.2, 0) is 6.54 Å². The fraction of sp³-hybridized carbons (Fsp3) is 0.571. The second kappa shape index (κ2) is 7.57. The second-order valence-corrected chi connectivity index (χ2v) is 4.40. The summed E-state index contributed by atoms with van der Waals surface area (Å²) in [6, 6.07) is 9.02. The Balaban J connectivity index is 0.00000144. The van der Waals surface area contributed by atoms with Crippen molar-refractivity contribution in [2.75, 3.05) is 6.61 Å². The molecule has 2 nitrogen and oxygen atoms in total. The van der Waals surface area contributed by atoms with E-state index in [1.54, 1.807) is 0 Å². The lowest BCUT2D eigenvalue weighted by Gasteiger charge is -2.14. The largest absolute Gasteiger partial charge is 1.00 e. The van der Waals surface area contributed by atoms with Crippen LogP contribution < -0.4 is 22.5 Å². The molecule has 1 aliphatic carbocycles. The number of para-hydroxylation sites is 1. The molecule has 1 saturated carbocycles. The van der Waals surface area contributed by atoms with Crippen molar-refractivity contribution in [2.24, 2.45) is 0 Å². The van der Waals surface area contributed by atoms with Crippen molar-refractivity contribution >= 4 is 0 Å². The highest BCUT2D eigenvalue weighted by molar-refractivity contribution is 5.33. The van der Waals surface area contributed by atoms with E-state index in [9.17, 15) is 0 Å². The van der Waals surface area contributed by atoms with E-state index in [1.807, 2.05) is 13.0 Å². The summed E-state index contributed by atoms with van der Waals surface area (Å²) in [6.45, 7) is 3.70. The lowest BCUT2D eigenvalue weighted by atomic mass is 10.1. The monoisotopic (exact) mass is 254 g/mol. The van der Waals surface area contributed by atoms with Gasteiger partial charge in [0, 0.05) is 18.2 Å². The second-order valence-electron chi connectivity index (χ2n) is 4.40. The first-order chi connectivity index (χ1) is 7.90. The van der Waals surface area contributed by atoms with Crippen LogP contribution in [0.5, 0.6) is 5.75 Å². The van der Waals surface area contributed by atoms with E-state index in [0.717, 1.165) is 24.9 Å². The van der Waals surface area contributed by atoms with E-state index in [1.165, 1.54) is 31.2 Å². The van der Waals surface area contributed by atoms with Gasteiger partial charge >= 0.3 is 0 Å². The van der Waals surface area contributed by atoms with E-state index in [-0.39, 0.29) is 12.4 Å². The maximum Gasteiger partial charge on any atom is 0.123 e. The molecule has 0 heterocycles. The van der Waals surface area contributed by atoms with Crippen LogP contribution in [0.1, 0.15) is 38.2 Å². The summed E-state index contributed by atoms with van der Waals surface area (Å²) < 4.78 is 5.61. The van der Waals surface area contributed by atoms with Gasteiger partial charge in [-0.3, -0.25) is 0 Å². The average molecular weight is 255 g/mol. The van der Waals surface area contributed by atoms with Gasteiger partial charge in [0.2, 0.25) is 0 Å². The third kappa shape index (κ3) is 4.21. The summed E-state index contributed by atoms with van der Waals surface area (Å²) in [5.74, 6) is 1.02. The molecule has 1 aliphatic rings. The number of nitrogens with one attached hydrogen (secondary N) is 1. The third-order valence-electron chi connectivity index (χ3n) is 3.21. The minimum Gasteiger partial charge on any atom is -1.00 e. The van der Waals surface area contributed by atoms with Crippen molar-refractivity contribution < 1.29 is 17.1 Å². The van der Waals surface area contributed by atoms with E-state index in [0.29, 0.717) is 0 Å². The molecule has 1 aromatic carbocycles. The van der Waals surface area contributed by atoms with Crippen LogP contribution in [-0.4, -0.2) is 12.6 Å². The molecule has 96 valence electrons. The Morgan fingerprint density at radius 2 is 1.94 bits per heavy atom. The van der Waals surface area contributed by atoms with Crippen LogP contribution in [0, 0.1) is 0 Å². The molecule has 0 aromatic heterocycles. The Hall–Kier alpha value is -0.730. The number of benzene rings is 1. The quantitative estimate of drug-likeness (QED) is 0.806. The fourth-order valence-corrected chi connectivity index (χ4v) is 2.33. The van der Waals surface area contributed by atoms with E-state index < -0.39 is 0 Å². The van der Waals surface area contributed by atoms with Gasteiger partial charge in [-0.05, 0) is 25.8 Å². The van der Waals surface area contributed by atoms with Crippen molar-refractivity contribution in [1.82, 2.24) is 5.32 Å².